The summed E-state index contributed by atoms with van der Waals surface area (Å²) in [6.07, 6.45) is 0.478. The van der Waals surface area contributed by atoms with Crippen LogP contribution in [0.3, 0.4) is 0 Å². The second-order valence-electron chi connectivity index (χ2n) is 6.52. The van der Waals surface area contributed by atoms with E-state index in [0.29, 0.717) is 37.0 Å². The summed E-state index contributed by atoms with van der Waals surface area (Å²) >= 11 is 5.68. The fourth-order valence-corrected chi connectivity index (χ4v) is 3.18. The molecule has 0 saturated heterocycles. The maximum absolute atomic E-state index is 11.6. The number of rotatable bonds is 11. The van der Waals surface area contributed by atoms with Gasteiger partial charge < -0.3 is 24.4 Å². The number of hydrogen-bond acceptors (Lipinski definition) is 5. The topological polar surface area (TPSA) is 60.0 Å². The highest BCUT2D eigenvalue weighted by atomic mass is 32.1. The van der Waals surface area contributed by atoms with Crippen molar-refractivity contribution in [1.29, 1.82) is 0 Å². The fraction of sp³-hybridized carbons (Fsp3) is 0.391. The van der Waals surface area contributed by atoms with Crippen LogP contribution >= 0.6 is 12.2 Å². The summed E-state index contributed by atoms with van der Waals surface area (Å²) in [5.74, 6) is -0.370. The van der Waals surface area contributed by atoms with Gasteiger partial charge in [-0.25, -0.2) is 4.79 Å². The van der Waals surface area contributed by atoms with Gasteiger partial charge in [0.1, 0.15) is 0 Å². The Morgan fingerprint density at radius 3 is 2.23 bits per heavy atom. The SMILES string of the molecule is CCOC(CN(CCc1ccccc1)C(=S)Nc1ccc(C(=O)OC)cc1)OCC. The molecule has 2 rings (SSSR count). The molecule has 0 bridgehead atoms. The van der Waals surface area contributed by atoms with Crippen molar-refractivity contribution in [3.63, 3.8) is 0 Å². The van der Waals surface area contributed by atoms with Gasteiger partial charge in [0, 0.05) is 25.4 Å². The highest BCUT2D eigenvalue weighted by Crippen LogP contribution is 2.13. The Hall–Kier alpha value is -2.48. The van der Waals surface area contributed by atoms with Gasteiger partial charge in [-0.15, -0.1) is 0 Å². The lowest BCUT2D eigenvalue weighted by atomic mass is 10.1. The molecule has 2 aromatic carbocycles. The predicted octanol–water partition coefficient (Wildman–Crippen LogP) is 4.11. The first kappa shape index (κ1) is 23.8. The van der Waals surface area contributed by atoms with E-state index in [9.17, 15) is 4.79 Å². The van der Waals surface area contributed by atoms with Gasteiger partial charge in [0.2, 0.25) is 0 Å². The van der Waals surface area contributed by atoms with E-state index in [2.05, 4.69) is 17.4 Å². The summed E-state index contributed by atoms with van der Waals surface area (Å²) in [5, 5.41) is 3.82. The largest absolute Gasteiger partial charge is 0.465 e. The molecule has 0 radical (unpaired) electrons. The number of thiocarbonyl (C=S) groups is 1. The number of anilines is 1. The number of carbonyl (C=O) groups excluding carboxylic acids is 1. The number of nitrogens with zero attached hydrogens (tertiary/aromatic N) is 1. The zero-order valence-electron chi connectivity index (χ0n) is 17.8. The Morgan fingerprint density at radius 2 is 1.67 bits per heavy atom. The minimum Gasteiger partial charge on any atom is -0.465 e. The maximum atomic E-state index is 11.6. The van der Waals surface area contributed by atoms with E-state index in [1.165, 1.54) is 12.7 Å². The molecule has 30 heavy (non-hydrogen) atoms. The molecule has 0 spiro atoms. The molecule has 2 aromatic rings. The minimum absolute atomic E-state index is 0.364. The Kier molecular flexibility index (Phi) is 10.3. The zero-order valence-corrected chi connectivity index (χ0v) is 18.6. The second kappa shape index (κ2) is 13.0. The van der Waals surface area contributed by atoms with Gasteiger partial charge in [-0.2, -0.15) is 0 Å². The van der Waals surface area contributed by atoms with Gasteiger partial charge in [-0.05, 0) is 62.3 Å². The summed E-state index contributed by atoms with van der Waals surface area (Å²) < 4.78 is 16.2. The van der Waals surface area contributed by atoms with Gasteiger partial charge in [0.15, 0.2) is 11.4 Å². The van der Waals surface area contributed by atoms with Crippen LogP contribution in [0, 0.1) is 0 Å². The van der Waals surface area contributed by atoms with E-state index in [0.717, 1.165) is 12.1 Å². The summed E-state index contributed by atoms with van der Waals surface area (Å²) in [4.78, 5) is 13.7. The first-order valence-electron chi connectivity index (χ1n) is 10.1. The molecule has 0 saturated carbocycles. The van der Waals surface area contributed by atoms with Crippen LogP contribution in [0.1, 0.15) is 29.8 Å². The van der Waals surface area contributed by atoms with Gasteiger partial charge in [0.25, 0.3) is 0 Å². The first-order chi connectivity index (χ1) is 14.6. The average molecular weight is 431 g/mol. The van der Waals surface area contributed by atoms with Crippen LogP contribution in [0.25, 0.3) is 0 Å². The van der Waals surface area contributed by atoms with Crippen molar-refractivity contribution in [2.75, 3.05) is 38.7 Å². The van der Waals surface area contributed by atoms with Crippen LogP contribution in [0.5, 0.6) is 0 Å². The Balaban J connectivity index is 2.08. The molecular formula is C23H30N2O4S. The molecule has 7 heteroatoms. The van der Waals surface area contributed by atoms with Crippen LogP contribution in [0.2, 0.25) is 0 Å². The number of methoxy groups -OCH3 is 1. The van der Waals surface area contributed by atoms with Crippen LogP contribution in [0.15, 0.2) is 54.6 Å². The Morgan fingerprint density at radius 1 is 1.03 bits per heavy atom. The van der Waals surface area contributed by atoms with Crippen molar-refractivity contribution in [3.05, 3.63) is 65.7 Å². The van der Waals surface area contributed by atoms with Crippen LogP contribution in [0.4, 0.5) is 5.69 Å². The molecule has 0 aliphatic heterocycles. The number of hydrogen-bond donors (Lipinski definition) is 1. The molecule has 0 amide bonds. The minimum atomic E-state index is -0.370. The zero-order chi connectivity index (χ0) is 21.8. The summed E-state index contributed by atoms with van der Waals surface area (Å²) in [6, 6.07) is 17.3. The number of carbonyl (C=O) groups is 1. The number of esters is 1. The molecule has 0 heterocycles. The standard InChI is InChI=1S/C23H30N2O4S/c1-4-28-21(29-5-2)17-25(16-15-18-9-7-6-8-10-18)23(30)24-20-13-11-19(12-14-20)22(26)27-3/h6-14,21H,4-5,15-17H2,1-3H3,(H,24,30). The Bertz CT molecular complexity index is 778. The van der Waals surface area contributed by atoms with Crippen LogP contribution in [-0.4, -0.2) is 55.7 Å². The van der Waals surface area contributed by atoms with Crippen molar-refractivity contribution in [2.24, 2.45) is 0 Å². The lowest BCUT2D eigenvalue weighted by Gasteiger charge is -2.30. The van der Waals surface area contributed by atoms with E-state index in [1.54, 1.807) is 24.3 Å². The van der Waals surface area contributed by atoms with Crippen molar-refractivity contribution in [2.45, 2.75) is 26.6 Å². The van der Waals surface area contributed by atoms with Crippen molar-refractivity contribution >= 4 is 29.0 Å². The van der Waals surface area contributed by atoms with Gasteiger partial charge in [0.05, 0.1) is 19.2 Å². The molecule has 0 atom stereocenters. The molecule has 1 N–H and O–H groups in total. The summed E-state index contributed by atoms with van der Waals surface area (Å²) in [5.41, 5.74) is 2.52. The van der Waals surface area contributed by atoms with Crippen molar-refractivity contribution in [1.82, 2.24) is 4.90 Å². The quantitative estimate of drug-likeness (QED) is 0.327. The molecule has 0 fully saturated rings. The fourth-order valence-electron chi connectivity index (χ4n) is 2.90. The predicted molar refractivity (Wildman–Crippen MR) is 123 cm³/mol. The third-order valence-corrected chi connectivity index (χ3v) is 4.79. The van der Waals surface area contributed by atoms with Crippen LogP contribution in [-0.2, 0) is 20.6 Å². The molecule has 0 aromatic heterocycles. The summed E-state index contributed by atoms with van der Waals surface area (Å²) in [7, 11) is 1.36. The molecule has 6 nitrogen and oxygen atoms in total. The smallest absolute Gasteiger partial charge is 0.337 e. The highest BCUT2D eigenvalue weighted by Gasteiger charge is 2.18. The monoisotopic (exact) mass is 430 g/mol. The normalized spacial score (nSPS) is 10.7. The molecular weight excluding hydrogens is 400 g/mol. The molecule has 0 aliphatic carbocycles. The molecule has 162 valence electrons. The Labute approximate surface area is 184 Å². The van der Waals surface area contributed by atoms with E-state index < -0.39 is 0 Å². The third kappa shape index (κ3) is 7.74. The van der Waals surface area contributed by atoms with E-state index in [1.807, 2.05) is 36.9 Å². The van der Waals surface area contributed by atoms with Gasteiger partial charge in [-0.1, -0.05) is 30.3 Å². The average Bonchev–Trinajstić information content (AvgIpc) is 2.77. The highest BCUT2D eigenvalue weighted by molar-refractivity contribution is 7.80. The number of benzene rings is 2. The second-order valence-corrected chi connectivity index (χ2v) is 6.91. The van der Waals surface area contributed by atoms with Crippen LogP contribution < -0.4 is 5.32 Å². The molecule has 0 unspecified atom stereocenters. The number of ether oxygens (including phenoxy) is 3. The van der Waals surface area contributed by atoms with Gasteiger partial charge in [-0.3, -0.25) is 0 Å². The lowest BCUT2D eigenvalue weighted by Crippen LogP contribution is -2.43. The maximum Gasteiger partial charge on any atom is 0.337 e. The molecule has 0 aliphatic rings. The van der Waals surface area contributed by atoms with E-state index in [-0.39, 0.29) is 12.3 Å². The van der Waals surface area contributed by atoms with Crippen molar-refractivity contribution in [3.8, 4) is 0 Å². The van der Waals surface area contributed by atoms with Crippen molar-refractivity contribution < 1.29 is 19.0 Å². The first-order valence-corrected chi connectivity index (χ1v) is 10.5. The van der Waals surface area contributed by atoms with Gasteiger partial charge >= 0.3 is 5.97 Å². The number of nitrogens with one attached hydrogen (secondary N) is 1. The van der Waals surface area contributed by atoms with E-state index in [4.69, 9.17) is 26.4 Å². The third-order valence-electron chi connectivity index (χ3n) is 4.43. The summed E-state index contributed by atoms with van der Waals surface area (Å²) in [6.45, 7) is 6.24. The van der Waals surface area contributed by atoms with E-state index >= 15 is 0 Å². The lowest BCUT2D eigenvalue weighted by molar-refractivity contribution is -0.141.